The topological polar surface area (TPSA) is 79.3 Å². The molecule has 2 N–H and O–H groups in total. The van der Waals surface area contributed by atoms with Crippen LogP contribution >= 0.6 is 0 Å². The van der Waals surface area contributed by atoms with Crippen LogP contribution in [0.15, 0.2) is 18.3 Å². The zero-order chi connectivity index (χ0) is 13.5. The first-order valence-electron chi connectivity index (χ1n) is 5.99. The molecule has 0 aromatic carbocycles. The van der Waals surface area contributed by atoms with Crippen LogP contribution in [0.1, 0.15) is 47.5 Å². The number of aromatic carboxylic acids is 1. The normalized spacial score (nSPS) is 10.4. The lowest BCUT2D eigenvalue weighted by Crippen LogP contribution is -2.27. The SMILES string of the molecule is CC(C)CCCNC(=O)c1ncccc1C(=O)O. The third-order valence-electron chi connectivity index (χ3n) is 2.50. The van der Waals surface area contributed by atoms with Gasteiger partial charge in [0.15, 0.2) is 0 Å². The van der Waals surface area contributed by atoms with Crippen LogP contribution in [0.25, 0.3) is 0 Å². The predicted octanol–water partition coefficient (Wildman–Crippen LogP) is 1.95. The van der Waals surface area contributed by atoms with E-state index in [2.05, 4.69) is 24.1 Å². The highest BCUT2D eigenvalue weighted by atomic mass is 16.4. The van der Waals surface area contributed by atoms with Gasteiger partial charge in [-0.3, -0.25) is 9.78 Å². The Balaban J connectivity index is 2.59. The number of hydrogen-bond acceptors (Lipinski definition) is 3. The fourth-order valence-corrected chi connectivity index (χ4v) is 1.55. The Bertz CT molecular complexity index is 430. The summed E-state index contributed by atoms with van der Waals surface area (Å²) in [7, 11) is 0. The molecule has 98 valence electrons. The van der Waals surface area contributed by atoms with Crippen molar-refractivity contribution in [2.45, 2.75) is 26.7 Å². The molecule has 0 aliphatic heterocycles. The van der Waals surface area contributed by atoms with Crippen molar-refractivity contribution in [3.63, 3.8) is 0 Å². The quantitative estimate of drug-likeness (QED) is 0.756. The molecule has 0 unspecified atom stereocenters. The zero-order valence-corrected chi connectivity index (χ0v) is 10.6. The van der Waals surface area contributed by atoms with E-state index in [1.807, 2.05) is 0 Å². The first kappa shape index (κ1) is 14.2. The van der Waals surface area contributed by atoms with Crippen molar-refractivity contribution in [1.29, 1.82) is 0 Å². The van der Waals surface area contributed by atoms with Gasteiger partial charge in [0.25, 0.3) is 5.91 Å². The second-order valence-electron chi connectivity index (χ2n) is 4.50. The molecule has 0 aliphatic carbocycles. The number of amides is 1. The van der Waals surface area contributed by atoms with Gasteiger partial charge in [0, 0.05) is 12.7 Å². The van der Waals surface area contributed by atoms with E-state index < -0.39 is 11.9 Å². The molecule has 18 heavy (non-hydrogen) atoms. The van der Waals surface area contributed by atoms with Gasteiger partial charge in [0.2, 0.25) is 0 Å². The van der Waals surface area contributed by atoms with Crippen molar-refractivity contribution in [2.24, 2.45) is 5.92 Å². The van der Waals surface area contributed by atoms with E-state index in [-0.39, 0.29) is 11.3 Å². The standard InChI is InChI=1S/C13H18N2O3/c1-9(2)5-3-8-15-12(16)11-10(13(17)18)6-4-7-14-11/h4,6-7,9H,3,5,8H2,1-2H3,(H,15,16)(H,17,18). The zero-order valence-electron chi connectivity index (χ0n) is 10.6. The first-order chi connectivity index (χ1) is 8.52. The number of aromatic nitrogens is 1. The van der Waals surface area contributed by atoms with E-state index in [1.165, 1.54) is 18.3 Å². The first-order valence-corrected chi connectivity index (χ1v) is 5.99. The summed E-state index contributed by atoms with van der Waals surface area (Å²) in [5.74, 6) is -0.987. The molecule has 0 fully saturated rings. The Labute approximate surface area is 106 Å². The van der Waals surface area contributed by atoms with E-state index in [4.69, 9.17) is 5.11 Å². The maximum atomic E-state index is 11.8. The number of carbonyl (C=O) groups excluding carboxylic acids is 1. The molecule has 0 saturated carbocycles. The minimum atomic E-state index is -1.14. The Morgan fingerprint density at radius 2 is 2.17 bits per heavy atom. The molecule has 5 heteroatoms. The van der Waals surface area contributed by atoms with Crippen molar-refractivity contribution in [3.8, 4) is 0 Å². The predicted molar refractivity (Wildman–Crippen MR) is 67.6 cm³/mol. The van der Waals surface area contributed by atoms with Crippen LogP contribution in [-0.4, -0.2) is 28.5 Å². The Morgan fingerprint density at radius 1 is 1.44 bits per heavy atom. The second kappa shape index (κ2) is 6.74. The summed E-state index contributed by atoms with van der Waals surface area (Å²) in [6.07, 6.45) is 3.31. The Morgan fingerprint density at radius 3 is 2.78 bits per heavy atom. The van der Waals surface area contributed by atoms with Gasteiger partial charge in [-0.25, -0.2) is 4.79 Å². The smallest absolute Gasteiger partial charge is 0.338 e. The number of rotatable bonds is 6. The fourth-order valence-electron chi connectivity index (χ4n) is 1.55. The molecule has 1 aromatic rings. The molecular formula is C13H18N2O3. The van der Waals surface area contributed by atoms with Crippen LogP contribution in [0.2, 0.25) is 0 Å². The third-order valence-corrected chi connectivity index (χ3v) is 2.50. The second-order valence-corrected chi connectivity index (χ2v) is 4.50. The monoisotopic (exact) mass is 250 g/mol. The summed E-state index contributed by atoms with van der Waals surface area (Å²) < 4.78 is 0. The van der Waals surface area contributed by atoms with Crippen molar-refractivity contribution < 1.29 is 14.7 Å². The summed E-state index contributed by atoms with van der Waals surface area (Å²) in [5.41, 5.74) is -0.103. The van der Waals surface area contributed by atoms with Gasteiger partial charge < -0.3 is 10.4 Å². The molecule has 0 spiro atoms. The molecule has 1 aromatic heterocycles. The molecule has 5 nitrogen and oxygen atoms in total. The Hall–Kier alpha value is -1.91. The fraction of sp³-hybridized carbons (Fsp3) is 0.462. The molecule has 0 bridgehead atoms. The number of carboxylic acids is 1. The van der Waals surface area contributed by atoms with Crippen LogP contribution in [0.3, 0.4) is 0 Å². The van der Waals surface area contributed by atoms with Crippen molar-refractivity contribution in [2.75, 3.05) is 6.54 Å². The number of pyridine rings is 1. The van der Waals surface area contributed by atoms with Gasteiger partial charge in [-0.15, -0.1) is 0 Å². The lowest BCUT2D eigenvalue weighted by Gasteiger charge is -2.07. The van der Waals surface area contributed by atoms with E-state index in [0.29, 0.717) is 12.5 Å². The summed E-state index contributed by atoms with van der Waals surface area (Å²) in [6.45, 7) is 4.76. The van der Waals surface area contributed by atoms with Gasteiger partial charge in [-0.1, -0.05) is 13.8 Å². The van der Waals surface area contributed by atoms with Crippen molar-refractivity contribution in [3.05, 3.63) is 29.6 Å². The minimum Gasteiger partial charge on any atom is -0.478 e. The lowest BCUT2D eigenvalue weighted by atomic mass is 10.1. The number of nitrogens with one attached hydrogen (secondary N) is 1. The molecule has 0 saturated heterocycles. The van der Waals surface area contributed by atoms with Crippen LogP contribution < -0.4 is 5.32 Å². The molecule has 0 radical (unpaired) electrons. The van der Waals surface area contributed by atoms with E-state index in [1.54, 1.807) is 0 Å². The minimum absolute atomic E-state index is 0.0328. The number of carboxylic acid groups (broad SMARTS) is 1. The highest BCUT2D eigenvalue weighted by Crippen LogP contribution is 2.06. The number of nitrogens with zero attached hydrogens (tertiary/aromatic N) is 1. The highest BCUT2D eigenvalue weighted by molar-refractivity contribution is 6.03. The molecule has 1 heterocycles. The van der Waals surface area contributed by atoms with Crippen molar-refractivity contribution in [1.82, 2.24) is 10.3 Å². The number of hydrogen-bond donors (Lipinski definition) is 2. The van der Waals surface area contributed by atoms with E-state index in [0.717, 1.165) is 12.8 Å². The van der Waals surface area contributed by atoms with Gasteiger partial charge >= 0.3 is 5.97 Å². The summed E-state index contributed by atoms with van der Waals surface area (Å²) in [4.78, 5) is 26.5. The van der Waals surface area contributed by atoms with E-state index in [9.17, 15) is 9.59 Å². The van der Waals surface area contributed by atoms with Crippen LogP contribution in [-0.2, 0) is 0 Å². The molecule has 0 atom stereocenters. The van der Waals surface area contributed by atoms with Gasteiger partial charge in [0.05, 0.1) is 5.56 Å². The molecule has 1 rings (SSSR count). The van der Waals surface area contributed by atoms with Gasteiger partial charge in [0.1, 0.15) is 5.69 Å². The number of carbonyl (C=O) groups is 2. The van der Waals surface area contributed by atoms with E-state index >= 15 is 0 Å². The maximum Gasteiger partial charge on any atom is 0.338 e. The summed E-state index contributed by atoms with van der Waals surface area (Å²) in [6, 6.07) is 2.87. The van der Waals surface area contributed by atoms with Crippen LogP contribution in [0.5, 0.6) is 0 Å². The lowest BCUT2D eigenvalue weighted by molar-refractivity contribution is 0.0690. The maximum absolute atomic E-state index is 11.8. The molecule has 1 amide bonds. The highest BCUT2D eigenvalue weighted by Gasteiger charge is 2.16. The average molecular weight is 250 g/mol. The van der Waals surface area contributed by atoms with Crippen LogP contribution in [0, 0.1) is 5.92 Å². The van der Waals surface area contributed by atoms with Gasteiger partial charge in [-0.2, -0.15) is 0 Å². The largest absolute Gasteiger partial charge is 0.478 e. The molecule has 0 aliphatic rings. The summed E-state index contributed by atoms with van der Waals surface area (Å²) in [5, 5.41) is 11.6. The molecular weight excluding hydrogens is 232 g/mol. The third kappa shape index (κ3) is 4.16. The average Bonchev–Trinajstić information content (AvgIpc) is 2.34. The van der Waals surface area contributed by atoms with Crippen LogP contribution in [0.4, 0.5) is 0 Å². The van der Waals surface area contributed by atoms with Gasteiger partial charge in [-0.05, 0) is 30.9 Å². The van der Waals surface area contributed by atoms with Crippen molar-refractivity contribution >= 4 is 11.9 Å². The Kier molecular flexibility index (Phi) is 5.30. The summed E-state index contributed by atoms with van der Waals surface area (Å²) >= 11 is 0.